The molecule has 0 saturated heterocycles. The first-order chi connectivity index (χ1) is 17.7. The Morgan fingerprint density at radius 2 is 1.79 bits per heavy atom. The number of amides is 2. The largest absolute Gasteiger partial charge is 0.469 e. The van der Waals surface area contributed by atoms with Crippen LogP contribution in [0.15, 0.2) is 42.0 Å². The van der Waals surface area contributed by atoms with Crippen LogP contribution in [0.3, 0.4) is 0 Å². The molecule has 0 aromatic heterocycles. The molecular formula is C30H44N2O6. The third-order valence-electron chi connectivity index (χ3n) is 8.74. The quantitative estimate of drug-likeness (QED) is 0.283. The van der Waals surface area contributed by atoms with Crippen molar-refractivity contribution in [2.45, 2.75) is 91.5 Å². The number of nitrogens with one attached hydrogen (secondary N) is 1. The average Bonchev–Trinajstić information content (AvgIpc) is 3.04. The lowest BCUT2D eigenvalue weighted by atomic mass is 9.61. The van der Waals surface area contributed by atoms with E-state index in [0.717, 1.165) is 24.0 Å². The molecule has 8 heteroatoms. The first-order valence-electron chi connectivity index (χ1n) is 13.4. The number of hydrogen-bond acceptors (Lipinski definition) is 6. The van der Waals surface area contributed by atoms with E-state index in [4.69, 9.17) is 14.2 Å². The minimum Gasteiger partial charge on any atom is -0.469 e. The number of alkyl carbamates (subject to hydrolysis) is 1. The Morgan fingerprint density at radius 1 is 1.13 bits per heavy atom. The summed E-state index contributed by atoms with van der Waals surface area (Å²) in [6, 6.07) is 9.14. The van der Waals surface area contributed by atoms with Gasteiger partial charge < -0.3 is 24.4 Å². The predicted octanol–water partition coefficient (Wildman–Crippen LogP) is 5.85. The van der Waals surface area contributed by atoms with Crippen molar-refractivity contribution in [3.63, 3.8) is 0 Å². The molecule has 0 heterocycles. The van der Waals surface area contributed by atoms with Crippen LogP contribution in [0.5, 0.6) is 0 Å². The molecule has 0 bridgehead atoms. The molecule has 38 heavy (non-hydrogen) atoms. The molecule has 0 aliphatic heterocycles. The molecule has 1 saturated carbocycles. The summed E-state index contributed by atoms with van der Waals surface area (Å²) in [5, 5.41) is 3.13. The summed E-state index contributed by atoms with van der Waals surface area (Å²) in [6.07, 6.45) is 3.94. The van der Waals surface area contributed by atoms with Gasteiger partial charge in [0.05, 0.1) is 13.0 Å². The highest BCUT2D eigenvalue weighted by Gasteiger charge is 2.60. The van der Waals surface area contributed by atoms with Crippen molar-refractivity contribution in [2.24, 2.45) is 16.7 Å². The Balaban J connectivity index is 1.90. The highest BCUT2D eigenvalue weighted by atomic mass is 16.6. The smallest absolute Gasteiger partial charge is 0.410 e. The van der Waals surface area contributed by atoms with Gasteiger partial charge in [-0.3, -0.25) is 4.79 Å². The molecule has 210 valence electrons. The number of hydrogen-bond donors (Lipinski definition) is 1. The number of carbonyl (C=O) groups excluding carboxylic acids is 3. The number of esters is 1. The molecule has 1 N–H and O–H groups in total. The van der Waals surface area contributed by atoms with Gasteiger partial charge in [-0.15, -0.1) is 0 Å². The molecular weight excluding hydrogens is 484 g/mol. The lowest BCUT2D eigenvalue weighted by molar-refractivity contribution is -0.143. The molecule has 1 aromatic carbocycles. The second kappa shape index (κ2) is 11.4. The van der Waals surface area contributed by atoms with E-state index < -0.39 is 29.1 Å². The van der Waals surface area contributed by atoms with Crippen LogP contribution in [0.1, 0.15) is 72.8 Å². The average molecular weight is 529 g/mol. The maximum Gasteiger partial charge on any atom is 0.410 e. The summed E-state index contributed by atoms with van der Waals surface area (Å²) >= 11 is 0. The number of fused-ring (bicyclic) bond motifs is 1. The molecule has 2 amide bonds. The van der Waals surface area contributed by atoms with Crippen molar-refractivity contribution >= 4 is 18.2 Å². The Labute approximate surface area is 227 Å². The molecule has 1 aromatic rings. The Morgan fingerprint density at radius 3 is 2.39 bits per heavy atom. The van der Waals surface area contributed by atoms with E-state index in [9.17, 15) is 14.4 Å². The molecule has 1 unspecified atom stereocenters. The van der Waals surface area contributed by atoms with E-state index in [1.165, 1.54) is 7.11 Å². The topological polar surface area (TPSA) is 94.2 Å². The van der Waals surface area contributed by atoms with E-state index in [0.29, 0.717) is 12.8 Å². The van der Waals surface area contributed by atoms with Crippen molar-refractivity contribution in [1.29, 1.82) is 0 Å². The maximum absolute atomic E-state index is 13.3. The molecule has 0 radical (unpaired) electrons. The zero-order valence-corrected chi connectivity index (χ0v) is 24.1. The van der Waals surface area contributed by atoms with E-state index in [-0.39, 0.29) is 30.1 Å². The predicted molar refractivity (Wildman–Crippen MR) is 145 cm³/mol. The van der Waals surface area contributed by atoms with Crippen molar-refractivity contribution in [2.75, 3.05) is 14.2 Å². The Kier molecular flexibility index (Phi) is 8.84. The van der Waals surface area contributed by atoms with Gasteiger partial charge in [0.25, 0.3) is 0 Å². The first-order valence-corrected chi connectivity index (χ1v) is 13.4. The van der Waals surface area contributed by atoms with Gasteiger partial charge in [-0.25, -0.2) is 9.59 Å². The van der Waals surface area contributed by atoms with Gasteiger partial charge in [0.2, 0.25) is 0 Å². The molecule has 8 nitrogen and oxygen atoms in total. The number of nitrogens with zero attached hydrogens (tertiary/aromatic N) is 1. The monoisotopic (exact) mass is 528 g/mol. The summed E-state index contributed by atoms with van der Waals surface area (Å²) in [4.78, 5) is 40.3. The zero-order chi connectivity index (χ0) is 28.3. The second-order valence-corrected chi connectivity index (χ2v) is 12.2. The third-order valence-corrected chi connectivity index (χ3v) is 8.74. The van der Waals surface area contributed by atoms with Crippen LogP contribution < -0.4 is 5.32 Å². The molecule has 1 fully saturated rings. The van der Waals surface area contributed by atoms with Crippen LogP contribution >= 0.6 is 0 Å². The highest BCUT2D eigenvalue weighted by Crippen LogP contribution is 2.60. The molecule has 0 spiro atoms. The maximum atomic E-state index is 13.3. The van der Waals surface area contributed by atoms with Gasteiger partial charge in [-0.1, -0.05) is 55.8 Å². The van der Waals surface area contributed by atoms with Crippen LogP contribution in [0, 0.1) is 16.7 Å². The van der Waals surface area contributed by atoms with Crippen molar-refractivity contribution in [1.82, 2.24) is 10.2 Å². The van der Waals surface area contributed by atoms with Crippen molar-refractivity contribution in [3.8, 4) is 0 Å². The van der Waals surface area contributed by atoms with Crippen LogP contribution in [-0.4, -0.2) is 54.9 Å². The fourth-order valence-electron chi connectivity index (χ4n) is 6.09. The number of methoxy groups -OCH3 is 1. The minimum absolute atomic E-state index is 0.172. The van der Waals surface area contributed by atoms with Gasteiger partial charge in [0, 0.05) is 19.1 Å². The number of rotatable bonds is 6. The number of carbonyl (C=O) groups is 3. The minimum atomic E-state index is -0.638. The van der Waals surface area contributed by atoms with E-state index in [1.807, 2.05) is 58.0 Å². The molecule has 5 atom stereocenters. The summed E-state index contributed by atoms with van der Waals surface area (Å²) < 4.78 is 16.3. The third kappa shape index (κ3) is 6.16. The molecule has 2 aliphatic rings. The van der Waals surface area contributed by atoms with Gasteiger partial charge >= 0.3 is 18.2 Å². The van der Waals surface area contributed by atoms with E-state index >= 15 is 0 Å². The Hall–Kier alpha value is -3.03. The van der Waals surface area contributed by atoms with Gasteiger partial charge in [-0.2, -0.15) is 0 Å². The van der Waals surface area contributed by atoms with Crippen LogP contribution in [0.2, 0.25) is 0 Å². The Bertz CT molecular complexity index is 1050. The highest BCUT2D eigenvalue weighted by molar-refractivity contribution is 5.75. The number of ether oxygens (including phenoxy) is 3. The summed E-state index contributed by atoms with van der Waals surface area (Å²) in [6.45, 7) is 11.9. The van der Waals surface area contributed by atoms with Crippen LogP contribution in [-0.2, 0) is 25.6 Å². The SMILES string of the molecule is COC(=O)C(C)C1=CC[C@]2(C)[C@@H](NC(=O)OCc3ccccc3)CC[C@]2(C)[C@@H](N(C)C(=O)OC(C)(C)C)C1. The van der Waals surface area contributed by atoms with Crippen molar-refractivity contribution < 1.29 is 28.6 Å². The number of allylic oxidation sites excluding steroid dienone is 1. The lowest BCUT2D eigenvalue weighted by Gasteiger charge is -2.50. The van der Waals surface area contributed by atoms with Crippen molar-refractivity contribution in [3.05, 3.63) is 47.5 Å². The molecule has 2 aliphatic carbocycles. The van der Waals surface area contributed by atoms with Gasteiger partial charge in [-0.05, 0) is 69.8 Å². The normalized spacial score (nSPS) is 27.7. The van der Waals surface area contributed by atoms with E-state index in [2.05, 4.69) is 25.2 Å². The zero-order valence-electron chi connectivity index (χ0n) is 24.1. The van der Waals surface area contributed by atoms with Gasteiger partial charge in [0.1, 0.15) is 12.2 Å². The summed E-state index contributed by atoms with van der Waals surface area (Å²) in [5.74, 6) is -0.751. The standard InChI is InChI=1S/C30H44N2O6/c1-20(25(33)36-8)22-14-16-29(5)23(31-26(34)37-19-21-12-10-9-11-13-21)15-17-30(29,6)24(18-22)32(7)27(35)38-28(2,3)4/h9-14,20,23-24H,15-19H2,1-8H3,(H,31,34)/t20?,23-,24-,29+,30+/m0/s1. The summed E-state index contributed by atoms with van der Waals surface area (Å²) in [7, 11) is 3.16. The fourth-order valence-corrected chi connectivity index (χ4v) is 6.09. The van der Waals surface area contributed by atoms with Gasteiger partial charge in [0.15, 0.2) is 0 Å². The second-order valence-electron chi connectivity index (χ2n) is 12.2. The lowest BCUT2D eigenvalue weighted by Crippen LogP contribution is -2.56. The van der Waals surface area contributed by atoms with Crippen LogP contribution in [0.25, 0.3) is 0 Å². The molecule has 3 rings (SSSR count). The van der Waals surface area contributed by atoms with Crippen LogP contribution in [0.4, 0.5) is 9.59 Å². The van der Waals surface area contributed by atoms with E-state index in [1.54, 1.807) is 11.9 Å². The number of benzene rings is 1. The first kappa shape index (κ1) is 29.5. The summed E-state index contributed by atoms with van der Waals surface area (Å²) in [5.41, 5.74) is 0.435. The fraction of sp³-hybridized carbons (Fsp3) is 0.633.